The lowest BCUT2D eigenvalue weighted by atomic mass is 10.1. The third-order valence-electron chi connectivity index (χ3n) is 4.70. The van der Waals surface area contributed by atoms with E-state index < -0.39 is 11.6 Å². The smallest absolute Gasteiger partial charge is 0.254 e. The summed E-state index contributed by atoms with van der Waals surface area (Å²) in [6, 6.07) is 9.36. The van der Waals surface area contributed by atoms with Crippen molar-refractivity contribution in [1.29, 1.82) is 0 Å². The predicted octanol–water partition coefficient (Wildman–Crippen LogP) is 2.65. The lowest BCUT2D eigenvalue weighted by Gasteiger charge is -2.34. The van der Waals surface area contributed by atoms with Crippen molar-refractivity contribution < 1.29 is 23.0 Å². The lowest BCUT2D eigenvalue weighted by molar-refractivity contribution is 0.0626. The van der Waals surface area contributed by atoms with E-state index in [2.05, 4.69) is 0 Å². The van der Waals surface area contributed by atoms with Crippen molar-refractivity contribution in [2.75, 3.05) is 33.0 Å². The SMILES string of the molecule is O=C(c1ccc2c(c1)OCO2)N1CCN(Cc2cccc(F)c2F)CC1. The largest absolute Gasteiger partial charge is 0.454 e. The van der Waals surface area contributed by atoms with Crippen LogP contribution >= 0.6 is 0 Å². The van der Waals surface area contributed by atoms with Crippen LogP contribution in [0.15, 0.2) is 36.4 Å². The molecule has 5 nitrogen and oxygen atoms in total. The van der Waals surface area contributed by atoms with Gasteiger partial charge < -0.3 is 14.4 Å². The molecule has 2 aromatic rings. The molecule has 0 spiro atoms. The molecule has 0 radical (unpaired) electrons. The summed E-state index contributed by atoms with van der Waals surface area (Å²) in [6.45, 7) is 2.77. The number of hydrogen-bond donors (Lipinski definition) is 0. The van der Waals surface area contributed by atoms with Crippen LogP contribution < -0.4 is 9.47 Å². The molecule has 1 amide bonds. The molecule has 0 aliphatic carbocycles. The van der Waals surface area contributed by atoms with Gasteiger partial charge in [-0.2, -0.15) is 0 Å². The van der Waals surface area contributed by atoms with Crippen molar-refractivity contribution in [1.82, 2.24) is 9.80 Å². The minimum atomic E-state index is -0.834. The van der Waals surface area contributed by atoms with Gasteiger partial charge in [0.2, 0.25) is 6.79 Å². The summed E-state index contributed by atoms with van der Waals surface area (Å²) in [4.78, 5) is 16.4. The minimum Gasteiger partial charge on any atom is -0.454 e. The summed E-state index contributed by atoms with van der Waals surface area (Å²) in [6.07, 6.45) is 0. The van der Waals surface area contributed by atoms with Gasteiger partial charge in [0.1, 0.15) is 0 Å². The molecule has 0 saturated carbocycles. The van der Waals surface area contributed by atoms with Gasteiger partial charge in [0.15, 0.2) is 23.1 Å². The number of amides is 1. The second kappa shape index (κ2) is 6.92. The maximum Gasteiger partial charge on any atom is 0.254 e. The Morgan fingerprint density at radius 1 is 1.00 bits per heavy atom. The maximum atomic E-state index is 13.8. The van der Waals surface area contributed by atoms with Gasteiger partial charge in [-0.1, -0.05) is 12.1 Å². The Morgan fingerprint density at radius 2 is 1.77 bits per heavy atom. The number of hydrogen-bond acceptors (Lipinski definition) is 4. The molecule has 1 saturated heterocycles. The first-order valence-corrected chi connectivity index (χ1v) is 8.46. The molecule has 136 valence electrons. The number of halogens is 2. The molecule has 2 heterocycles. The summed E-state index contributed by atoms with van der Waals surface area (Å²) < 4.78 is 37.7. The molecule has 0 unspecified atom stereocenters. The third kappa shape index (κ3) is 3.22. The topological polar surface area (TPSA) is 42.0 Å². The molecular formula is C19H18F2N2O3. The Labute approximate surface area is 149 Å². The normalized spacial score (nSPS) is 16.8. The van der Waals surface area contributed by atoms with E-state index in [0.29, 0.717) is 55.3 Å². The molecule has 0 bridgehead atoms. The van der Waals surface area contributed by atoms with Gasteiger partial charge in [0.05, 0.1) is 0 Å². The van der Waals surface area contributed by atoms with E-state index in [1.807, 2.05) is 4.90 Å². The van der Waals surface area contributed by atoms with E-state index in [1.165, 1.54) is 6.07 Å². The van der Waals surface area contributed by atoms with Crippen molar-refractivity contribution in [3.8, 4) is 11.5 Å². The van der Waals surface area contributed by atoms with Gasteiger partial charge in [-0.25, -0.2) is 8.78 Å². The van der Waals surface area contributed by atoms with E-state index >= 15 is 0 Å². The minimum absolute atomic E-state index is 0.0695. The molecule has 4 rings (SSSR count). The van der Waals surface area contributed by atoms with Gasteiger partial charge >= 0.3 is 0 Å². The molecule has 1 fully saturated rings. The second-order valence-corrected chi connectivity index (χ2v) is 6.35. The van der Waals surface area contributed by atoms with Crippen LogP contribution in [0.25, 0.3) is 0 Å². The van der Waals surface area contributed by atoms with Crippen LogP contribution in [0.5, 0.6) is 11.5 Å². The second-order valence-electron chi connectivity index (χ2n) is 6.35. The van der Waals surface area contributed by atoms with Gasteiger partial charge in [-0.3, -0.25) is 9.69 Å². The van der Waals surface area contributed by atoms with E-state index in [9.17, 15) is 13.6 Å². The highest BCUT2D eigenvalue weighted by atomic mass is 19.2. The fourth-order valence-electron chi connectivity index (χ4n) is 3.23. The van der Waals surface area contributed by atoms with Crippen LogP contribution in [-0.4, -0.2) is 48.7 Å². The van der Waals surface area contributed by atoms with Crippen LogP contribution in [0.2, 0.25) is 0 Å². The maximum absolute atomic E-state index is 13.8. The molecular weight excluding hydrogens is 342 g/mol. The summed E-state index contributed by atoms with van der Waals surface area (Å²) in [5.41, 5.74) is 0.888. The molecule has 0 N–H and O–H groups in total. The number of piperazine rings is 1. The number of nitrogens with zero attached hydrogens (tertiary/aromatic N) is 2. The summed E-state index contributed by atoms with van der Waals surface area (Å²) in [5.74, 6) is -0.482. The average Bonchev–Trinajstić information content (AvgIpc) is 3.13. The van der Waals surface area contributed by atoms with E-state index in [-0.39, 0.29) is 12.7 Å². The summed E-state index contributed by atoms with van der Waals surface area (Å²) in [5, 5.41) is 0. The number of carbonyl (C=O) groups is 1. The quantitative estimate of drug-likeness (QED) is 0.844. The molecule has 0 atom stereocenters. The fraction of sp³-hybridized carbons (Fsp3) is 0.316. The molecule has 2 aliphatic rings. The van der Waals surface area contributed by atoms with E-state index in [0.717, 1.165) is 6.07 Å². The number of rotatable bonds is 3. The van der Waals surface area contributed by atoms with Crippen LogP contribution in [-0.2, 0) is 6.54 Å². The van der Waals surface area contributed by atoms with E-state index in [4.69, 9.17) is 9.47 Å². The van der Waals surface area contributed by atoms with Crippen molar-refractivity contribution in [2.24, 2.45) is 0 Å². The first-order valence-electron chi connectivity index (χ1n) is 8.46. The first-order chi connectivity index (χ1) is 12.6. The van der Waals surface area contributed by atoms with Gasteiger partial charge in [-0.15, -0.1) is 0 Å². The highest BCUT2D eigenvalue weighted by Crippen LogP contribution is 2.32. The van der Waals surface area contributed by atoms with Crippen LogP contribution in [0.3, 0.4) is 0 Å². The van der Waals surface area contributed by atoms with Crippen LogP contribution in [0.1, 0.15) is 15.9 Å². The van der Waals surface area contributed by atoms with Crippen LogP contribution in [0, 0.1) is 11.6 Å². The zero-order valence-corrected chi connectivity index (χ0v) is 14.1. The van der Waals surface area contributed by atoms with Gasteiger partial charge in [-0.05, 0) is 24.3 Å². The van der Waals surface area contributed by atoms with Crippen molar-refractivity contribution in [3.63, 3.8) is 0 Å². The van der Waals surface area contributed by atoms with Gasteiger partial charge in [0, 0.05) is 43.9 Å². The zero-order valence-electron chi connectivity index (χ0n) is 14.1. The molecule has 2 aliphatic heterocycles. The molecule has 7 heteroatoms. The lowest BCUT2D eigenvalue weighted by Crippen LogP contribution is -2.48. The zero-order chi connectivity index (χ0) is 18.1. The van der Waals surface area contributed by atoms with Crippen molar-refractivity contribution in [2.45, 2.75) is 6.54 Å². The fourth-order valence-corrected chi connectivity index (χ4v) is 3.23. The highest BCUT2D eigenvalue weighted by Gasteiger charge is 2.24. The number of ether oxygens (including phenoxy) is 2. The Morgan fingerprint density at radius 3 is 2.58 bits per heavy atom. The molecule has 26 heavy (non-hydrogen) atoms. The van der Waals surface area contributed by atoms with Crippen molar-refractivity contribution >= 4 is 5.91 Å². The molecule has 0 aromatic heterocycles. The molecule has 2 aromatic carbocycles. The predicted molar refractivity (Wildman–Crippen MR) is 90.1 cm³/mol. The number of fused-ring (bicyclic) bond motifs is 1. The Balaban J connectivity index is 1.37. The third-order valence-corrected chi connectivity index (χ3v) is 4.70. The summed E-state index contributed by atoms with van der Waals surface area (Å²) in [7, 11) is 0. The average molecular weight is 360 g/mol. The Kier molecular flexibility index (Phi) is 4.46. The number of benzene rings is 2. The Hall–Kier alpha value is -2.67. The monoisotopic (exact) mass is 360 g/mol. The first kappa shape index (κ1) is 16.8. The van der Waals surface area contributed by atoms with Crippen LogP contribution in [0.4, 0.5) is 8.78 Å². The Bertz CT molecular complexity index is 836. The van der Waals surface area contributed by atoms with Crippen molar-refractivity contribution in [3.05, 3.63) is 59.2 Å². The highest BCUT2D eigenvalue weighted by molar-refractivity contribution is 5.95. The standard InChI is InChI=1S/C19H18F2N2O3/c20-15-3-1-2-14(18(15)21)11-22-6-8-23(9-7-22)19(24)13-4-5-16-17(10-13)26-12-25-16/h1-5,10H,6-9,11-12H2. The summed E-state index contributed by atoms with van der Waals surface area (Å²) >= 11 is 0. The van der Waals surface area contributed by atoms with Gasteiger partial charge in [0.25, 0.3) is 5.91 Å². The number of carbonyl (C=O) groups excluding carboxylic acids is 1. The van der Waals surface area contributed by atoms with E-state index in [1.54, 1.807) is 29.2 Å².